The van der Waals surface area contributed by atoms with E-state index in [2.05, 4.69) is 27.8 Å². The van der Waals surface area contributed by atoms with Crippen LogP contribution in [0, 0.1) is 5.92 Å². The predicted molar refractivity (Wildman–Crippen MR) is 129 cm³/mol. The minimum atomic E-state index is -0.407. The highest BCUT2D eigenvalue weighted by atomic mass is 32.1. The van der Waals surface area contributed by atoms with Gasteiger partial charge in [0, 0.05) is 42.2 Å². The summed E-state index contributed by atoms with van der Waals surface area (Å²) in [6.45, 7) is 1.85. The molecule has 1 aromatic heterocycles. The van der Waals surface area contributed by atoms with Crippen LogP contribution < -0.4 is 15.5 Å². The highest BCUT2D eigenvalue weighted by Gasteiger charge is 2.35. The number of rotatable bonds is 5. The number of nitrogens with one attached hydrogen (secondary N) is 2. The van der Waals surface area contributed by atoms with Crippen molar-refractivity contribution in [3.05, 3.63) is 59.0 Å². The zero-order valence-corrected chi connectivity index (χ0v) is 19.1. The van der Waals surface area contributed by atoms with Crippen LogP contribution in [-0.4, -0.2) is 29.3 Å². The maximum Gasteiger partial charge on any atom is 0.231 e. The van der Waals surface area contributed by atoms with Crippen LogP contribution in [0.4, 0.5) is 16.5 Å². The number of thiazole rings is 1. The molecule has 2 N–H and O–H groups in total. The van der Waals surface area contributed by atoms with Gasteiger partial charge in [-0.3, -0.25) is 14.4 Å². The zero-order valence-electron chi connectivity index (χ0n) is 18.3. The van der Waals surface area contributed by atoms with Gasteiger partial charge in [-0.2, -0.15) is 0 Å². The van der Waals surface area contributed by atoms with Gasteiger partial charge < -0.3 is 15.5 Å². The van der Waals surface area contributed by atoms with E-state index >= 15 is 0 Å². The summed E-state index contributed by atoms with van der Waals surface area (Å²) in [7, 11) is 0. The molecule has 1 unspecified atom stereocenters. The molecular weight excluding hydrogens is 436 g/mol. The molecule has 1 saturated heterocycles. The zero-order chi connectivity index (χ0) is 22.9. The Balaban J connectivity index is 1.23. The molecule has 1 fully saturated rings. The van der Waals surface area contributed by atoms with Gasteiger partial charge in [-0.15, -0.1) is 11.3 Å². The van der Waals surface area contributed by atoms with Gasteiger partial charge in [-0.25, -0.2) is 4.98 Å². The number of anilines is 3. The minimum Gasteiger partial charge on any atom is -0.326 e. The molecule has 2 heterocycles. The van der Waals surface area contributed by atoms with E-state index in [0.717, 1.165) is 36.2 Å². The third kappa shape index (κ3) is 4.52. The van der Waals surface area contributed by atoms with Gasteiger partial charge in [0.2, 0.25) is 17.7 Å². The second-order valence-corrected chi connectivity index (χ2v) is 9.36. The van der Waals surface area contributed by atoms with E-state index in [1.807, 2.05) is 35.7 Å². The predicted octanol–water partition coefficient (Wildman–Crippen LogP) is 4.25. The lowest BCUT2D eigenvalue weighted by Gasteiger charge is -2.17. The Hall–Kier alpha value is -3.52. The Morgan fingerprint density at radius 1 is 1.06 bits per heavy atom. The fourth-order valence-corrected chi connectivity index (χ4v) is 5.18. The second-order valence-electron chi connectivity index (χ2n) is 8.50. The first-order valence-corrected chi connectivity index (χ1v) is 11.9. The highest BCUT2D eigenvalue weighted by Crippen LogP contribution is 2.32. The van der Waals surface area contributed by atoms with Crippen molar-refractivity contribution in [1.29, 1.82) is 0 Å². The maximum absolute atomic E-state index is 12.9. The number of aryl methyl sites for hydroxylation is 2. The van der Waals surface area contributed by atoms with Crippen molar-refractivity contribution < 1.29 is 14.4 Å². The topological polar surface area (TPSA) is 91.4 Å². The Morgan fingerprint density at radius 2 is 1.85 bits per heavy atom. The van der Waals surface area contributed by atoms with Gasteiger partial charge in [-0.1, -0.05) is 18.2 Å². The van der Waals surface area contributed by atoms with Crippen LogP contribution >= 0.6 is 11.3 Å². The standard InChI is InChI=1S/C25H24N4O3S/c1-15(30)26-20-8-5-17(6-9-20)22-14-33-25(27-22)28-24(32)19-12-23(31)29(13-19)21-10-7-16-3-2-4-18(16)11-21/h5-11,14,19H,2-4,12-13H2,1H3,(H,26,30)(H,27,28,32). The number of fused-ring (bicyclic) bond motifs is 1. The number of hydrogen-bond acceptors (Lipinski definition) is 5. The monoisotopic (exact) mass is 460 g/mol. The number of aromatic nitrogens is 1. The number of carbonyl (C=O) groups is 3. The van der Waals surface area contributed by atoms with Gasteiger partial charge >= 0.3 is 0 Å². The first kappa shape index (κ1) is 21.3. The molecule has 0 spiro atoms. The molecule has 7 nitrogen and oxygen atoms in total. The van der Waals surface area contributed by atoms with Crippen molar-refractivity contribution in [2.75, 3.05) is 22.1 Å². The summed E-state index contributed by atoms with van der Waals surface area (Å²) in [5.41, 5.74) is 5.91. The lowest BCUT2D eigenvalue weighted by atomic mass is 10.1. The number of benzene rings is 2. The van der Waals surface area contributed by atoms with Crippen molar-refractivity contribution >= 4 is 45.6 Å². The van der Waals surface area contributed by atoms with E-state index in [9.17, 15) is 14.4 Å². The maximum atomic E-state index is 12.9. The normalized spacial score (nSPS) is 17.2. The van der Waals surface area contributed by atoms with Gasteiger partial charge in [0.1, 0.15) is 0 Å². The minimum absolute atomic E-state index is 0.0211. The quantitative estimate of drug-likeness (QED) is 0.596. The molecule has 0 bridgehead atoms. The van der Waals surface area contributed by atoms with Crippen LogP contribution in [0.1, 0.15) is 30.9 Å². The van der Waals surface area contributed by atoms with Crippen LogP contribution in [0.3, 0.4) is 0 Å². The van der Waals surface area contributed by atoms with Gasteiger partial charge in [0.05, 0.1) is 11.6 Å². The first-order valence-electron chi connectivity index (χ1n) is 11.0. The van der Waals surface area contributed by atoms with Crippen molar-refractivity contribution in [3.8, 4) is 11.3 Å². The van der Waals surface area contributed by atoms with Gasteiger partial charge in [-0.05, 0) is 54.7 Å². The lowest BCUT2D eigenvalue weighted by Crippen LogP contribution is -2.28. The fraction of sp³-hybridized carbons (Fsp3) is 0.280. The molecule has 0 saturated carbocycles. The third-order valence-corrected chi connectivity index (χ3v) is 6.88. The average molecular weight is 461 g/mol. The van der Waals surface area contributed by atoms with Gasteiger partial charge in [0.25, 0.3) is 0 Å². The van der Waals surface area contributed by atoms with Crippen molar-refractivity contribution in [2.24, 2.45) is 5.92 Å². The van der Waals surface area contributed by atoms with Crippen LogP contribution in [0.2, 0.25) is 0 Å². The molecule has 1 atom stereocenters. The van der Waals surface area contributed by atoms with Crippen LogP contribution in [0.25, 0.3) is 11.3 Å². The smallest absolute Gasteiger partial charge is 0.231 e. The molecule has 5 rings (SSSR count). The van der Waals surface area contributed by atoms with E-state index in [1.54, 1.807) is 4.90 Å². The van der Waals surface area contributed by atoms with E-state index in [4.69, 9.17) is 0 Å². The molecule has 33 heavy (non-hydrogen) atoms. The van der Waals surface area contributed by atoms with Crippen molar-refractivity contribution in [1.82, 2.24) is 4.98 Å². The van der Waals surface area contributed by atoms with Crippen LogP contribution in [0.5, 0.6) is 0 Å². The number of carbonyl (C=O) groups excluding carboxylic acids is 3. The van der Waals surface area contributed by atoms with E-state index in [1.165, 1.54) is 29.4 Å². The van der Waals surface area contributed by atoms with Gasteiger partial charge in [0.15, 0.2) is 5.13 Å². The fourth-order valence-electron chi connectivity index (χ4n) is 4.46. The Labute approximate surface area is 195 Å². The highest BCUT2D eigenvalue weighted by molar-refractivity contribution is 7.14. The SMILES string of the molecule is CC(=O)Nc1ccc(-c2csc(NC(=O)C3CC(=O)N(c4ccc5c(c4)CCC5)C3)n2)cc1. The van der Waals surface area contributed by atoms with Crippen LogP contribution in [-0.2, 0) is 27.2 Å². The molecule has 2 aliphatic rings. The Kier molecular flexibility index (Phi) is 5.68. The lowest BCUT2D eigenvalue weighted by molar-refractivity contribution is -0.122. The summed E-state index contributed by atoms with van der Waals surface area (Å²) >= 11 is 1.35. The summed E-state index contributed by atoms with van der Waals surface area (Å²) in [5.74, 6) is -0.738. The van der Waals surface area contributed by atoms with Crippen LogP contribution in [0.15, 0.2) is 47.8 Å². The van der Waals surface area contributed by atoms with E-state index in [-0.39, 0.29) is 24.1 Å². The molecule has 3 amide bonds. The molecule has 2 aromatic carbocycles. The number of amides is 3. The summed E-state index contributed by atoms with van der Waals surface area (Å²) in [6, 6.07) is 13.6. The molecule has 8 heteroatoms. The third-order valence-electron chi connectivity index (χ3n) is 6.12. The van der Waals surface area contributed by atoms with E-state index < -0.39 is 5.92 Å². The van der Waals surface area contributed by atoms with Crippen molar-refractivity contribution in [2.45, 2.75) is 32.6 Å². The summed E-state index contributed by atoms with van der Waals surface area (Å²) < 4.78 is 0. The Bertz CT molecular complexity index is 1230. The molecule has 0 radical (unpaired) electrons. The molecule has 168 valence electrons. The Morgan fingerprint density at radius 3 is 2.64 bits per heavy atom. The second kappa shape index (κ2) is 8.78. The molecular formula is C25H24N4O3S. The number of nitrogens with zero attached hydrogens (tertiary/aromatic N) is 2. The van der Waals surface area contributed by atoms with Crippen molar-refractivity contribution in [3.63, 3.8) is 0 Å². The molecule has 3 aromatic rings. The van der Waals surface area contributed by atoms with E-state index in [0.29, 0.717) is 17.4 Å². The largest absolute Gasteiger partial charge is 0.326 e. The summed E-state index contributed by atoms with van der Waals surface area (Å²) in [5, 5.41) is 7.99. The number of hydrogen-bond donors (Lipinski definition) is 2. The average Bonchev–Trinajstić information content (AvgIpc) is 3.53. The molecule has 1 aliphatic carbocycles. The summed E-state index contributed by atoms with van der Waals surface area (Å²) in [4.78, 5) is 42.9. The summed E-state index contributed by atoms with van der Waals surface area (Å²) in [6.07, 6.45) is 3.51. The molecule has 1 aliphatic heterocycles. The first-order chi connectivity index (χ1) is 16.0.